The van der Waals surface area contributed by atoms with Gasteiger partial charge in [0, 0.05) is 17.1 Å². The van der Waals surface area contributed by atoms with E-state index in [1.54, 1.807) is 6.20 Å². The van der Waals surface area contributed by atoms with Crippen LogP contribution in [0.3, 0.4) is 0 Å². The van der Waals surface area contributed by atoms with Gasteiger partial charge in [0.05, 0.1) is 17.7 Å². The smallest absolute Gasteiger partial charge is 0.426 e. The molecule has 0 bridgehead atoms. The quantitative estimate of drug-likeness (QED) is 0.537. The molecule has 3 rings (SSSR count). The number of fused-ring (bicyclic) bond motifs is 1. The van der Waals surface area contributed by atoms with Gasteiger partial charge in [-0.1, -0.05) is 30.3 Å². The first-order valence-corrected chi connectivity index (χ1v) is 7.66. The first-order chi connectivity index (χ1) is 12.5. The maximum Gasteiger partial charge on any atom is 0.426 e. The Bertz CT molecular complexity index is 995. The summed E-state index contributed by atoms with van der Waals surface area (Å²) in [6, 6.07) is 13.0. The molecule has 0 spiro atoms. The Kier molecular flexibility index (Phi) is 4.57. The highest BCUT2D eigenvalue weighted by molar-refractivity contribution is 6.05. The topological polar surface area (TPSA) is 123 Å². The van der Waals surface area contributed by atoms with Gasteiger partial charge < -0.3 is 15.2 Å². The van der Waals surface area contributed by atoms with E-state index in [4.69, 9.17) is 5.11 Å². The average molecular weight is 353 g/mol. The van der Waals surface area contributed by atoms with E-state index in [0.29, 0.717) is 5.56 Å². The van der Waals surface area contributed by atoms with Crippen molar-refractivity contribution in [1.82, 2.24) is 15.4 Å². The summed E-state index contributed by atoms with van der Waals surface area (Å²) in [6.45, 7) is -0.0969. The molecule has 0 aliphatic rings. The second-order valence-corrected chi connectivity index (χ2v) is 5.52. The van der Waals surface area contributed by atoms with Crippen molar-refractivity contribution in [2.75, 3.05) is 0 Å². The van der Waals surface area contributed by atoms with Crippen molar-refractivity contribution in [3.63, 3.8) is 0 Å². The Morgan fingerprint density at radius 2 is 1.62 bits per heavy atom. The first kappa shape index (κ1) is 17.0. The van der Waals surface area contributed by atoms with Crippen LogP contribution in [-0.2, 0) is 6.54 Å². The zero-order valence-electron chi connectivity index (χ0n) is 13.5. The highest BCUT2D eigenvalue weighted by Crippen LogP contribution is 2.19. The van der Waals surface area contributed by atoms with Crippen LogP contribution in [0, 0.1) is 0 Å². The molecule has 0 aliphatic heterocycles. The number of carboxylic acids is 1. The van der Waals surface area contributed by atoms with Gasteiger partial charge in [-0.2, -0.15) is 0 Å². The summed E-state index contributed by atoms with van der Waals surface area (Å²) in [4.78, 5) is 38.2. The Morgan fingerprint density at radius 1 is 0.962 bits per heavy atom. The Hall–Kier alpha value is -3.81. The number of amides is 2. The summed E-state index contributed by atoms with van der Waals surface area (Å²) in [6.07, 6.45) is 0.300. The van der Waals surface area contributed by atoms with Crippen LogP contribution in [0.2, 0.25) is 0 Å². The molecule has 0 saturated carbocycles. The molecule has 0 saturated heterocycles. The van der Waals surface area contributed by atoms with Crippen LogP contribution < -0.4 is 5.43 Å². The molecular formula is C18H15N3O5. The van der Waals surface area contributed by atoms with E-state index in [1.165, 1.54) is 24.3 Å². The third-order valence-electron chi connectivity index (χ3n) is 3.87. The van der Waals surface area contributed by atoms with Gasteiger partial charge in [-0.05, 0) is 23.8 Å². The Balaban J connectivity index is 1.84. The van der Waals surface area contributed by atoms with Gasteiger partial charge in [0.25, 0.3) is 5.91 Å². The van der Waals surface area contributed by atoms with E-state index in [9.17, 15) is 19.5 Å². The van der Waals surface area contributed by atoms with Crippen LogP contribution in [0.15, 0.2) is 54.7 Å². The molecule has 0 unspecified atom stereocenters. The van der Waals surface area contributed by atoms with E-state index < -0.39 is 18.0 Å². The van der Waals surface area contributed by atoms with E-state index in [-0.39, 0.29) is 17.7 Å². The van der Waals surface area contributed by atoms with Crippen LogP contribution in [0.5, 0.6) is 0 Å². The summed E-state index contributed by atoms with van der Waals surface area (Å²) in [7, 11) is 0. The Morgan fingerprint density at radius 3 is 2.31 bits per heavy atom. The third kappa shape index (κ3) is 3.34. The van der Waals surface area contributed by atoms with Gasteiger partial charge in [-0.15, -0.1) is 0 Å². The van der Waals surface area contributed by atoms with Crippen molar-refractivity contribution < 1.29 is 24.6 Å². The lowest BCUT2D eigenvalue weighted by Gasteiger charge is -2.20. The maximum absolute atomic E-state index is 12.4. The monoisotopic (exact) mass is 353 g/mol. The predicted molar refractivity (Wildman–Crippen MR) is 92.7 cm³/mol. The second-order valence-electron chi connectivity index (χ2n) is 5.52. The van der Waals surface area contributed by atoms with E-state index >= 15 is 0 Å². The second kappa shape index (κ2) is 6.98. The molecule has 0 aliphatic carbocycles. The third-order valence-corrected chi connectivity index (χ3v) is 3.87. The summed E-state index contributed by atoms with van der Waals surface area (Å²) < 4.78 is 0. The fraction of sp³-hybridized carbons (Fsp3) is 0.0556. The fourth-order valence-corrected chi connectivity index (χ4v) is 2.64. The fourth-order valence-electron chi connectivity index (χ4n) is 2.64. The van der Waals surface area contributed by atoms with Gasteiger partial charge in [0.15, 0.2) is 0 Å². The zero-order valence-corrected chi connectivity index (χ0v) is 13.5. The number of rotatable bonds is 4. The number of aromatic amines is 1. The number of para-hydroxylation sites is 1. The van der Waals surface area contributed by atoms with E-state index in [2.05, 4.69) is 10.4 Å². The number of aromatic nitrogens is 1. The molecule has 1 heterocycles. The number of carbonyl (C=O) groups excluding carboxylic acids is 1. The number of hydrazine groups is 1. The van der Waals surface area contributed by atoms with Crippen LogP contribution in [0.4, 0.5) is 4.79 Å². The number of nitrogens with zero attached hydrogens (tertiary/aromatic N) is 1. The molecule has 8 nitrogen and oxygen atoms in total. The molecule has 132 valence electrons. The largest absolute Gasteiger partial charge is 0.478 e. The Labute approximate surface area is 147 Å². The van der Waals surface area contributed by atoms with Crippen molar-refractivity contribution in [3.8, 4) is 0 Å². The number of carbonyl (C=O) groups is 3. The number of H-pyrrole nitrogens is 1. The zero-order chi connectivity index (χ0) is 18.7. The van der Waals surface area contributed by atoms with Crippen molar-refractivity contribution in [2.24, 2.45) is 0 Å². The van der Waals surface area contributed by atoms with E-state index in [1.807, 2.05) is 24.3 Å². The summed E-state index contributed by atoms with van der Waals surface area (Å²) in [5.74, 6) is -2.08. The van der Waals surface area contributed by atoms with Gasteiger partial charge in [0.2, 0.25) is 0 Å². The molecule has 8 heteroatoms. The molecule has 0 atom stereocenters. The van der Waals surface area contributed by atoms with Crippen molar-refractivity contribution >= 4 is 28.9 Å². The lowest BCUT2D eigenvalue weighted by Crippen LogP contribution is -2.45. The first-order valence-electron chi connectivity index (χ1n) is 7.66. The molecule has 2 aromatic carbocycles. The van der Waals surface area contributed by atoms with Gasteiger partial charge in [0.1, 0.15) is 0 Å². The minimum absolute atomic E-state index is 0.0969. The molecular weight excluding hydrogens is 338 g/mol. The van der Waals surface area contributed by atoms with Crippen molar-refractivity contribution in [3.05, 3.63) is 71.4 Å². The van der Waals surface area contributed by atoms with Crippen LogP contribution >= 0.6 is 0 Å². The molecule has 3 aromatic rings. The predicted octanol–water partition coefficient (Wildman–Crippen LogP) is 2.69. The minimum Gasteiger partial charge on any atom is -0.478 e. The molecule has 1 aromatic heterocycles. The van der Waals surface area contributed by atoms with E-state index in [0.717, 1.165) is 15.9 Å². The molecule has 0 fully saturated rings. The molecule has 4 N–H and O–H groups in total. The average Bonchev–Trinajstić information content (AvgIpc) is 3.04. The van der Waals surface area contributed by atoms with Crippen LogP contribution in [-0.4, -0.2) is 38.2 Å². The normalized spacial score (nSPS) is 10.5. The number of carboxylic acid groups (broad SMARTS) is 2. The number of aromatic carboxylic acids is 1. The van der Waals surface area contributed by atoms with Crippen molar-refractivity contribution in [1.29, 1.82) is 0 Å². The summed E-state index contributed by atoms with van der Waals surface area (Å²) in [5, 5.41) is 20.1. The van der Waals surface area contributed by atoms with Gasteiger partial charge >= 0.3 is 12.1 Å². The van der Waals surface area contributed by atoms with Gasteiger partial charge in [-0.25, -0.2) is 14.6 Å². The summed E-state index contributed by atoms with van der Waals surface area (Å²) in [5.41, 5.74) is 3.44. The standard InChI is InChI=1S/C18H15N3O5/c22-16(13-6-1-2-7-14(13)17(23)24)20-21(18(25)26)10-11-9-19-15-8-4-3-5-12(11)15/h1-9,19H,10H2,(H,20,22)(H,23,24)(H,25,26). The van der Waals surface area contributed by atoms with Crippen LogP contribution in [0.25, 0.3) is 10.9 Å². The molecule has 26 heavy (non-hydrogen) atoms. The molecule has 0 radical (unpaired) electrons. The summed E-state index contributed by atoms with van der Waals surface area (Å²) >= 11 is 0. The van der Waals surface area contributed by atoms with Crippen LogP contribution in [0.1, 0.15) is 26.3 Å². The number of benzene rings is 2. The SMILES string of the molecule is O=C(O)c1ccccc1C(=O)NN(Cc1c[nH]c2ccccc12)C(=O)O. The lowest BCUT2D eigenvalue weighted by atomic mass is 10.1. The highest BCUT2D eigenvalue weighted by Gasteiger charge is 2.21. The maximum atomic E-state index is 12.4. The van der Waals surface area contributed by atoms with Gasteiger partial charge in [-0.3, -0.25) is 10.2 Å². The number of nitrogens with one attached hydrogen (secondary N) is 2. The minimum atomic E-state index is -1.36. The molecule has 2 amide bonds. The van der Waals surface area contributed by atoms with Crippen molar-refractivity contribution in [2.45, 2.75) is 6.54 Å². The number of hydrogen-bond acceptors (Lipinski definition) is 3. The highest BCUT2D eigenvalue weighted by atomic mass is 16.4. The lowest BCUT2D eigenvalue weighted by molar-refractivity contribution is 0.0678. The number of hydrogen-bond donors (Lipinski definition) is 4.